The molecule has 0 amide bonds. The number of carboxylic acid groups (broad SMARTS) is 1. The fraction of sp³-hybridized carbons (Fsp3) is 0.300. The number of sulfonamides is 1. The second-order valence-electron chi connectivity index (χ2n) is 10.3. The van der Waals surface area contributed by atoms with Crippen molar-refractivity contribution >= 4 is 22.1 Å². The van der Waals surface area contributed by atoms with Crippen LogP contribution < -0.4 is 5.32 Å². The Labute approximate surface area is 229 Å². The van der Waals surface area contributed by atoms with Crippen molar-refractivity contribution in [3.63, 3.8) is 0 Å². The molecule has 0 aliphatic carbocycles. The summed E-state index contributed by atoms with van der Waals surface area (Å²) in [6.45, 7) is 5.64. The predicted octanol–water partition coefficient (Wildman–Crippen LogP) is 4.49. The van der Waals surface area contributed by atoms with Crippen LogP contribution >= 0.6 is 0 Å². The third kappa shape index (κ3) is 8.56. The first-order chi connectivity index (χ1) is 18.3. The second-order valence-corrected chi connectivity index (χ2v) is 12.3. The van der Waals surface area contributed by atoms with E-state index in [-0.39, 0.29) is 23.8 Å². The number of hydrogen-bond acceptors (Lipinski definition) is 5. The topological polar surface area (TPSA) is 107 Å². The number of nitrogens with zero attached hydrogens (tertiary/aromatic N) is 1. The molecule has 0 saturated heterocycles. The molecule has 0 fully saturated rings. The van der Waals surface area contributed by atoms with E-state index in [1.54, 1.807) is 55.5 Å². The Morgan fingerprint density at radius 1 is 1.08 bits per heavy atom. The van der Waals surface area contributed by atoms with Gasteiger partial charge in [0, 0.05) is 31.8 Å². The molecule has 0 radical (unpaired) electrons. The number of aryl methyl sites for hydroxylation is 1. The second kappa shape index (κ2) is 12.7. The third-order valence-electron chi connectivity index (χ3n) is 6.37. The first kappa shape index (κ1) is 30.2. The number of aliphatic carboxylic acids is 1. The Kier molecular flexibility index (Phi) is 9.79. The number of β-amino-alcohol motifs (C(OH)–C–C–N with tert-alkyl or cyclic N) is 1. The molecule has 0 heterocycles. The summed E-state index contributed by atoms with van der Waals surface area (Å²) in [4.78, 5) is 10.8. The molecular formula is C30H35FN2O5S. The summed E-state index contributed by atoms with van der Waals surface area (Å²) in [5.41, 5.74) is 3.14. The highest BCUT2D eigenvalue weighted by atomic mass is 32.2. The minimum absolute atomic E-state index is 0.0965. The number of halogens is 1. The maximum Gasteiger partial charge on any atom is 0.328 e. The maximum atomic E-state index is 13.9. The number of nitrogens with one attached hydrogen (secondary N) is 1. The molecule has 1 atom stereocenters. The number of carbonyl (C=O) groups is 1. The Morgan fingerprint density at radius 2 is 1.77 bits per heavy atom. The molecule has 208 valence electrons. The molecule has 3 N–H and O–H groups in total. The van der Waals surface area contributed by atoms with Crippen LogP contribution in [0.3, 0.4) is 0 Å². The van der Waals surface area contributed by atoms with E-state index in [9.17, 15) is 22.7 Å². The molecule has 7 nitrogen and oxygen atoms in total. The van der Waals surface area contributed by atoms with Crippen molar-refractivity contribution in [2.24, 2.45) is 0 Å². The number of rotatable bonds is 12. The highest BCUT2D eigenvalue weighted by Crippen LogP contribution is 2.25. The Hall–Kier alpha value is -3.37. The normalized spacial score (nSPS) is 13.2. The molecule has 0 unspecified atom stereocenters. The van der Waals surface area contributed by atoms with Crippen molar-refractivity contribution in [3.05, 3.63) is 95.3 Å². The smallest absolute Gasteiger partial charge is 0.328 e. The van der Waals surface area contributed by atoms with E-state index >= 15 is 0 Å². The van der Waals surface area contributed by atoms with Gasteiger partial charge in [-0.05, 0) is 79.3 Å². The molecule has 0 saturated carbocycles. The van der Waals surface area contributed by atoms with Crippen LogP contribution in [0.15, 0.2) is 77.7 Å². The molecule has 0 aliphatic heterocycles. The standard InChI is InChI=1S/C30H35FN2O5S/c1-21-8-9-23(16-28(21)31)18-30(2,3)32-19-26(34)20-33(4)39(37,38)27-7-5-6-25(17-27)24-13-10-22(11-14-24)12-15-29(35)36/h5-17,26,32,34H,18-20H2,1-4H3,(H,35,36)/t26-/m1/s1. The number of aliphatic hydroxyl groups is 1. The van der Waals surface area contributed by atoms with Gasteiger partial charge in [0.2, 0.25) is 10.0 Å². The lowest BCUT2D eigenvalue weighted by atomic mass is 9.94. The number of benzene rings is 3. The zero-order valence-electron chi connectivity index (χ0n) is 22.6. The monoisotopic (exact) mass is 554 g/mol. The van der Waals surface area contributed by atoms with E-state index in [1.807, 2.05) is 19.9 Å². The van der Waals surface area contributed by atoms with Gasteiger partial charge in [0.05, 0.1) is 11.0 Å². The van der Waals surface area contributed by atoms with Crippen molar-refractivity contribution in [1.82, 2.24) is 9.62 Å². The van der Waals surface area contributed by atoms with Crippen LogP contribution in [0.1, 0.15) is 30.5 Å². The van der Waals surface area contributed by atoms with Crippen molar-refractivity contribution < 1.29 is 27.8 Å². The van der Waals surface area contributed by atoms with Gasteiger partial charge in [-0.25, -0.2) is 17.6 Å². The van der Waals surface area contributed by atoms with E-state index in [4.69, 9.17) is 5.11 Å². The largest absolute Gasteiger partial charge is 0.478 e. The van der Waals surface area contributed by atoms with Gasteiger partial charge in [0.15, 0.2) is 0 Å². The highest BCUT2D eigenvalue weighted by molar-refractivity contribution is 7.89. The summed E-state index contributed by atoms with van der Waals surface area (Å²) in [6.07, 6.45) is 2.10. The zero-order valence-corrected chi connectivity index (χ0v) is 23.4. The molecule has 3 rings (SSSR count). The Morgan fingerprint density at radius 3 is 2.41 bits per heavy atom. The zero-order chi connectivity index (χ0) is 28.8. The van der Waals surface area contributed by atoms with Crippen LogP contribution in [0, 0.1) is 12.7 Å². The third-order valence-corrected chi connectivity index (χ3v) is 8.19. The van der Waals surface area contributed by atoms with Crippen molar-refractivity contribution in [1.29, 1.82) is 0 Å². The lowest BCUT2D eigenvalue weighted by Gasteiger charge is -2.29. The van der Waals surface area contributed by atoms with Gasteiger partial charge in [0.1, 0.15) is 5.82 Å². The minimum atomic E-state index is -3.87. The average molecular weight is 555 g/mol. The Balaban J connectivity index is 1.63. The minimum Gasteiger partial charge on any atom is -0.478 e. The van der Waals surface area contributed by atoms with Crippen LogP contribution in [0.2, 0.25) is 0 Å². The lowest BCUT2D eigenvalue weighted by molar-refractivity contribution is -0.131. The molecular weight excluding hydrogens is 519 g/mol. The van der Waals surface area contributed by atoms with Crippen LogP contribution in [0.5, 0.6) is 0 Å². The summed E-state index contributed by atoms with van der Waals surface area (Å²) in [7, 11) is -2.45. The van der Waals surface area contributed by atoms with Gasteiger partial charge < -0.3 is 15.5 Å². The van der Waals surface area contributed by atoms with Crippen molar-refractivity contribution in [2.45, 2.75) is 43.7 Å². The molecule has 9 heteroatoms. The molecule has 0 spiro atoms. The number of carboxylic acids is 1. The van der Waals surface area contributed by atoms with E-state index in [0.717, 1.165) is 21.5 Å². The number of aliphatic hydroxyl groups excluding tert-OH is 1. The summed E-state index contributed by atoms with van der Waals surface area (Å²) in [5.74, 6) is -1.30. The van der Waals surface area contributed by atoms with Gasteiger partial charge in [-0.2, -0.15) is 4.31 Å². The SMILES string of the molecule is Cc1ccc(CC(C)(C)NC[C@@H](O)CN(C)S(=O)(=O)c2cccc(-c3ccc(C=CC(=O)O)cc3)c2)cc1F. The van der Waals surface area contributed by atoms with E-state index in [0.29, 0.717) is 23.1 Å². The summed E-state index contributed by atoms with van der Waals surface area (Å²) in [6, 6.07) is 18.7. The van der Waals surface area contributed by atoms with Crippen LogP contribution in [0.25, 0.3) is 17.2 Å². The quantitative estimate of drug-likeness (QED) is 0.285. The van der Waals surface area contributed by atoms with E-state index < -0.39 is 27.6 Å². The molecule has 0 aromatic heterocycles. The van der Waals surface area contributed by atoms with Crippen molar-refractivity contribution in [3.8, 4) is 11.1 Å². The molecule has 3 aromatic rings. The van der Waals surface area contributed by atoms with Gasteiger partial charge >= 0.3 is 5.97 Å². The first-order valence-corrected chi connectivity index (χ1v) is 14.0. The number of likely N-dealkylation sites (N-methyl/N-ethyl adjacent to an activating group) is 1. The fourth-order valence-electron chi connectivity index (χ4n) is 4.14. The van der Waals surface area contributed by atoms with Gasteiger partial charge in [-0.15, -0.1) is 0 Å². The molecule has 39 heavy (non-hydrogen) atoms. The van der Waals surface area contributed by atoms with Crippen molar-refractivity contribution in [2.75, 3.05) is 20.1 Å². The van der Waals surface area contributed by atoms with Crippen LogP contribution in [0.4, 0.5) is 4.39 Å². The maximum absolute atomic E-state index is 13.9. The van der Waals surface area contributed by atoms with E-state index in [2.05, 4.69) is 5.32 Å². The predicted molar refractivity (Wildman–Crippen MR) is 151 cm³/mol. The lowest BCUT2D eigenvalue weighted by Crippen LogP contribution is -2.47. The average Bonchev–Trinajstić information content (AvgIpc) is 2.88. The Bertz CT molecular complexity index is 1440. The summed E-state index contributed by atoms with van der Waals surface area (Å²) < 4.78 is 41.5. The van der Waals surface area contributed by atoms with Gasteiger partial charge in [-0.1, -0.05) is 48.5 Å². The molecule has 0 bridgehead atoms. The van der Waals surface area contributed by atoms with Crippen LogP contribution in [-0.4, -0.2) is 60.7 Å². The first-order valence-electron chi connectivity index (χ1n) is 12.5. The number of hydrogen-bond donors (Lipinski definition) is 3. The van der Waals surface area contributed by atoms with Gasteiger partial charge in [0.25, 0.3) is 0 Å². The highest BCUT2D eigenvalue weighted by Gasteiger charge is 2.25. The molecule has 3 aromatic carbocycles. The van der Waals surface area contributed by atoms with Crippen LogP contribution in [-0.2, 0) is 21.2 Å². The van der Waals surface area contributed by atoms with E-state index in [1.165, 1.54) is 25.3 Å². The fourth-order valence-corrected chi connectivity index (χ4v) is 5.40. The summed E-state index contributed by atoms with van der Waals surface area (Å²) in [5, 5.41) is 22.6. The summed E-state index contributed by atoms with van der Waals surface area (Å²) >= 11 is 0. The molecule has 0 aliphatic rings. The van der Waals surface area contributed by atoms with Gasteiger partial charge in [-0.3, -0.25) is 0 Å².